The molecule has 1 N–H and O–H groups in total. The summed E-state index contributed by atoms with van der Waals surface area (Å²) in [5.41, 5.74) is 1.30. The Morgan fingerprint density at radius 1 is 1.53 bits per heavy atom. The highest BCUT2D eigenvalue weighted by molar-refractivity contribution is 7.05. The molecule has 0 bridgehead atoms. The van der Waals surface area contributed by atoms with E-state index in [2.05, 4.69) is 28.8 Å². The number of nitrogens with zero attached hydrogens (tertiary/aromatic N) is 2. The molecule has 1 spiro atoms. The van der Waals surface area contributed by atoms with E-state index in [0.717, 1.165) is 25.3 Å². The van der Waals surface area contributed by atoms with Gasteiger partial charge in [-0.15, -0.1) is 5.10 Å². The Kier molecular flexibility index (Phi) is 3.87. The normalized spacial score (nSPS) is 27.2. The molecule has 1 aliphatic carbocycles. The van der Waals surface area contributed by atoms with Crippen molar-refractivity contribution in [2.75, 3.05) is 13.2 Å². The largest absolute Gasteiger partial charge is 0.375 e. The molecule has 3 rings (SSSR count). The average Bonchev–Trinajstić information content (AvgIpc) is 2.80. The van der Waals surface area contributed by atoms with Crippen molar-refractivity contribution >= 4 is 11.5 Å². The number of aryl methyl sites for hydroxylation is 1. The summed E-state index contributed by atoms with van der Waals surface area (Å²) < 4.78 is 10.2. The van der Waals surface area contributed by atoms with E-state index in [4.69, 9.17) is 4.74 Å². The summed E-state index contributed by atoms with van der Waals surface area (Å²) >= 11 is 1.55. The first-order valence-electron chi connectivity index (χ1n) is 7.40. The summed E-state index contributed by atoms with van der Waals surface area (Å²) in [5, 5.41) is 7.84. The first-order chi connectivity index (χ1) is 9.24. The lowest BCUT2D eigenvalue weighted by Crippen LogP contribution is -2.48. The highest BCUT2D eigenvalue weighted by atomic mass is 32.1. The third-order valence-electron chi connectivity index (χ3n) is 4.66. The minimum atomic E-state index is 0.211. The van der Waals surface area contributed by atoms with Crippen LogP contribution in [-0.2, 0) is 4.74 Å². The van der Waals surface area contributed by atoms with Gasteiger partial charge in [-0.05, 0) is 63.0 Å². The van der Waals surface area contributed by atoms with E-state index in [1.807, 2.05) is 0 Å². The van der Waals surface area contributed by atoms with Crippen molar-refractivity contribution in [3.05, 3.63) is 10.6 Å². The van der Waals surface area contributed by atoms with Crippen molar-refractivity contribution in [3.8, 4) is 0 Å². The van der Waals surface area contributed by atoms with Gasteiger partial charge in [-0.3, -0.25) is 0 Å². The topological polar surface area (TPSA) is 47.0 Å². The van der Waals surface area contributed by atoms with Crippen LogP contribution in [-0.4, -0.2) is 28.3 Å². The Labute approximate surface area is 119 Å². The standard InChI is InChI=1S/C14H23N3OS/c1-3-15-12(13-10(2)16-17-19-13)11-5-8-18-14(9-11)6-4-7-14/h11-12,15H,3-9H2,1-2H3. The Morgan fingerprint density at radius 2 is 2.37 bits per heavy atom. The molecule has 19 heavy (non-hydrogen) atoms. The molecule has 0 radical (unpaired) electrons. The van der Waals surface area contributed by atoms with Crippen LogP contribution in [0.1, 0.15) is 55.6 Å². The average molecular weight is 281 g/mol. The second kappa shape index (κ2) is 5.46. The SMILES string of the molecule is CCNC(c1snnc1C)C1CCOC2(CCC2)C1. The molecular formula is C14H23N3OS. The smallest absolute Gasteiger partial charge is 0.0772 e. The maximum absolute atomic E-state index is 6.05. The fourth-order valence-electron chi connectivity index (χ4n) is 3.49. The highest BCUT2D eigenvalue weighted by Crippen LogP contribution is 2.47. The molecule has 4 nitrogen and oxygen atoms in total. The van der Waals surface area contributed by atoms with E-state index in [-0.39, 0.29) is 5.60 Å². The van der Waals surface area contributed by atoms with Gasteiger partial charge < -0.3 is 10.1 Å². The summed E-state index contributed by atoms with van der Waals surface area (Å²) in [6.07, 6.45) is 6.18. The van der Waals surface area contributed by atoms with E-state index < -0.39 is 0 Å². The van der Waals surface area contributed by atoms with Crippen molar-refractivity contribution in [1.29, 1.82) is 0 Å². The molecule has 2 heterocycles. The maximum atomic E-state index is 6.05. The van der Waals surface area contributed by atoms with E-state index >= 15 is 0 Å². The number of rotatable bonds is 4. The number of aromatic nitrogens is 2. The van der Waals surface area contributed by atoms with Gasteiger partial charge in [-0.1, -0.05) is 11.4 Å². The molecule has 2 fully saturated rings. The van der Waals surface area contributed by atoms with Crippen molar-refractivity contribution in [1.82, 2.24) is 14.9 Å². The van der Waals surface area contributed by atoms with Crippen LogP contribution in [0.25, 0.3) is 0 Å². The molecule has 1 aromatic rings. The van der Waals surface area contributed by atoms with Gasteiger partial charge in [-0.2, -0.15) is 0 Å². The molecular weight excluding hydrogens is 258 g/mol. The minimum Gasteiger partial charge on any atom is -0.375 e. The fourth-order valence-corrected chi connectivity index (χ4v) is 4.30. The van der Waals surface area contributed by atoms with Crippen LogP contribution < -0.4 is 5.32 Å². The van der Waals surface area contributed by atoms with Crippen molar-refractivity contribution in [3.63, 3.8) is 0 Å². The van der Waals surface area contributed by atoms with Gasteiger partial charge in [0.2, 0.25) is 0 Å². The number of hydrogen-bond donors (Lipinski definition) is 1. The number of nitrogens with one attached hydrogen (secondary N) is 1. The van der Waals surface area contributed by atoms with Gasteiger partial charge in [0, 0.05) is 12.6 Å². The monoisotopic (exact) mass is 281 g/mol. The summed E-state index contributed by atoms with van der Waals surface area (Å²) in [6.45, 7) is 6.15. The lowest BCUT2D eigenvalue weighted by atomic mass is 9.70. The van der Waals surface area contributed by atoms with Crippen LogP contribution in [0.3, 0.4) is 0 Å². The lowest BCUT2D eigenvalue weighted by molar-refractivity contribution is -0.147. The third kappa shape index (κ3) is 2.56. The van der Waals surface area contributed by atoms with Crippen molar-refractivity contribution in [2.24, 2.45) is 5.92 Å². The first-order valence-corrected chi connectivity index (χ1v) is 8.18. The predicted molar refractivity (Wildman–Crippen MR) is 76.3 cm³/mol. The molecule has 106 valence electrons. The lowest BCUT2D eigenvalue weighted by Gasteiger charge is -2.48. The van der Waals surface area contributed by atoms with Gasteiger partial charge in [-0.25, -0.2) is 0 Å². The van der Waals surface area contributed by atoms with Gasteiger partial charge in [0.05, 0.1) is 16.2 Å². The molecule has 2 unspecified atom stereocenters. The van der Waals surface area contributed by atoms with Gasteiger partial charge >= 0.3 is 0 Å². The van der Waals surface area contributed by atoms with Crippen LogP contribution >= 0.6 is 11.5 Å². The molecule has 0 amide bonds. The highest BCUT2D eigenvalue weighted by Gasteiger charge is 2.44. The Morgan fingerprint density at radius 3 is 2.95 bits per heavy atom. The minimum absolute atomic E-state index is 0.211. The van der Waals surface area contributed by atoms with E-state index in [0.29, 0.717) is 12.0 Å². The molecule has 2 atom stereocenters. The second-order valence-electron chi connectivity index (χ2n) is 5.90. The van der Waals surface area contributed by atoms with Crippen LogP contribution in [0, 0.1) is 12.8 Å². The number of hydrogen-bond acceptors (Lipinski definition) is 5. The molecule has 2 aliphatic rings. The molecule has 5 heteroatoms. The van der Waals surface area contributed by atoms with Crippen LogP contribution in [0.5, 0.6) is 0 Å². The Bertz CT molecular complexity index is 430. The summed E-state index contributed by atoms with van der Waals surface area (Å²) in [7, 11) is 0. The zero-order chi connectivity index (χ0) is 13.3. The first kappa shape index (κ1) is 13.5. The summed E-state index contributed by atoms with van der Waals surface area (Å²) in [4.78, 5) is 1.32. The molecule has 0 aromatic carbocycles. The quantitative estimate of drug-likeness (QED) is 0.922. The zero-order valence-electron chi connectivity index (χ0n) is 11.8. The van der Waals surface area contributed by atoms with E-state index in [9.17, 15) is 0 Å². The van der Waals surface area contributed by atoms with Crippen LogP contribution in [0.4, 0.5) is 0 Å². The van der Waals surface area contributed by atoms with Crippen molar-refractivity contribution in [2.45, 2.75) is 57.6 Å². The van der Waals surface area contributed by atoms with Gasteiger partial charge in [0.1, 0.15) is 0 Å². The zero-order valence-corrected chi connectivity index (χ0v) is 12.6. The molecule has 1 aromatic heterocycles. The molecule has 1 saturated carbocycles. The Balaban J connectivity index is 1.78. The van der Waals surface area contributed by atoms with Gasteiger partial charge in [0.15, 0.2) is 0 Å². The van der Waals surface area contributed by atoms with Crippen molar-refractivity contribution < 1.29 is 4.74 Å². The van der Waals surface area contributed by atoms with E-state index in [1.54, 1.807) is 11.5 Å². The summed E-state index contributed by atoms with van der Waals surface area (Å²) in [6, 6.07) is 0.409. The fraction of sp³-hybridized carbons (Fsp3) is 0.857. The summed E-state index contributed by atoms with van der Waals surface area (Å²) in [5.74, 6) is 0.662. The Hall–Kier alpha value is -0.520. The van der Waals surface area contributed by atoms with Crippen LogP contribution in [0.2, 0.25) is 0 Å². The second-order valence-corrected chi connectivity index (χ2v) is 6.68. The van der Waals surface area contributed by atoms with Crippen LogP contribution in [0.15, 0.2) is 0 Å². The molecule has 1 aliphatic heterocycles. The van der Waals surface area contributed by atoms with E-state index in [1.165, 1.54) is 30.6 Å². The molecule has 1 saturated heterocycles. The number of ether oxygens (including phenoxy) is 1. The maximum Gasteiger partial charge on any atom is 0.0772 e. The predicted octanol–water partition coefficient (Wildman–Crippen LogP) is 2.85. The third-order valence-corrected chi connectivity index (χ3v) is 5.57. The van der Waals surface area contributed by atoms with Gasteiger partial charge in [0.25, 0.3) is 0 Å².